The molecule has 3 aromatic heterocycles. The van der Waals surface area contributed by atoms with Crippen LogP contribution in [0.5, 0.6) is 0 Å². The molecule has 0 radical (unpaired) electrons. The average molecular weight is 477 g/mol. The van der Waals surface area contributed by atoms with E-state index in [1.807, 2.05) is 38.2 Å². The van der Waals surface area contributed by atoms with Crippen LogP contribution in [0.3, 0.4) is 0 Å². The first-order chi connectivity index (χ1) is 16.3. The molecule has 5 N–H and O–H groups in total. The third-order valence-corrected chi connectivity index (χ3v) is 5.60. The molecule has 4 rings (SSSR count). The Hall–Kier alpha value is -3.39. The van der Waals surface area contributed by atoms with Crippen molar-refractivity contribution in [3.63, 3.8) is 0 Å². The molecule has 0 saturated heterocycles. The van der Waals surface area contributed by atoms with Gasteiger partial charge in [-0.05, 0) is 73.5 Å². The normalized spacial score (nSPS) is 10.6. The standard InChI is InChI=1S/C17H14ClN3O.C9H15N3/c18-15-7-13-3-12(4-14(8-19)17(13)21-9-15)6-16-5-11(10-22)1-2-20-16;1-6-4-9(10)12-7(2)8(6)5-11-3/h1-5,7,9-10H,6,8,19H2;4,11H,5H2,1-3H3,(H2,10,12). The minimum absolute atomic E-state index is 0.404. The van der Waals surface area contributed by atoms with Crippen LogP contribution in [0.15, 0.2) is 48.8 Å². The summed E-state index contributed by atoms with van der Waals surface area (Å²) in [5.74, 6) is 0.602. The molecule has 0 spiro atoms. The van der Waals surface area contributed by atoms with E-state index in [2.05, 4.69) is 27.2 Å². The summed E-state index contributed by atoms with van der Waals surface area (Å²) in [5.41, 5.74) is 19.2. The molecule has 4 aromatic rings. The second-order valence-corrected chi connectivity index (χ2v) is 8.45. The third kappa shape index (κ3) is 6.35. The van der Waals surface area contributed by atoms with E-state index in [4.69, 9.17) is 23.1 Å². The second kappa shape index (κ2) is 11.7. The Morgan fingerprint density at radius 1 is 1.12 bits per heavy atom. The lowest BCUT2D eigenvalue weighted by molar-refractivity contribution is 0.112. The van der Waals surface area contributed by atoms with Crippen molar-refractivity contribution in [3.05, 3.63) is 93.0 Å². The van der Waals surface area contributed by atoms with Crippen LogP contribution in [0.2, 0.25) is 5.02 Å². The van der Waals surface area contributed by atoms with Crippen LogP contribution in [-0.2, 0) is 19.5 Å². The number of nitrogens with one attached hydrogen (secondary N) is 1. The maximum Gasteiger partial charge on any atom is 0.150 e. The van der Waals surface area contributed by atoms with E-state index in [9.17, 15) is 4.79 Å². The molecule has 0 atom stereocenters. The van der Waals surface area contributed by atoms with Crippen molar-refractivity contribution in [1.82, 2.24) is 20.3 Å². The van der Waals surface area contributed by atoms with Crippen LogP contribution in [0.4, 0.5) is 5.82 Å². The number of aromatic nitrogens is 3. The molecule has 1 aromatic carbocycles. The third-order valence-electron chi connectivity index (χ3n) is 5.40. The number of anilines is 1. The zero-order valence-electron chi connectivity index (χ0n) is 19.6. The Bertz CT molecular complexity index is 1280. The number of hydrogen-bond donors (Lipinski definition) is 3. The number of halogens is 1. The molecule has 0 amide bonds. The van der Waals surface area contributed by atoms with Gasteiger partial charge in [-0.2, -0.15) is 0 Å². The molecule has 0 aliphatic carbocycles. The number of aryl methyl sites for hydroxylation is 2. The highest BCUT2D eigenvalue weighted by atomic mass is 35.5. The van der Waals surface area contributed by atoms with E-state index in [0.29, 0.717) is 29.4 Å². The van der Waals surface area contributed by atoms with Crippen molar-refractivity contribution in [2.24, 2.45) is 5.73 Å². The number of carbonyl (C=O) groups excluding carboxylic acids is 1. The number of hydrogen-bond acceptors (Lipinski definition) is 7. The first kappa shape index (κ1) is 25.2. The molecule has 34 heavy (non-hydrogen) atoms. The van der Waals surface area contributed by atoms with Gasteiger partial charge in [-0.15, -0.1) is 0 Å². The number of nitrogens with zero attached hydrogens (tertiary/aromatic N) is 3. The number of pyridine rings is 3. The maximum atomic E-state index is 10.9. The molecule has 0 aliphatic heterocycles. The van der Waals surface area contributed by atoms with E-state index < -0.39 is 0 Å². The smallest absolute Gasteiger partial charge is 0.150 e. The van der Waals surface area contributed by atoms with E-state index in [1.165, 1.54) is 11.1 Å². The SMILES string of the molecule is CNCc1c(C)cc(N)nc1C.NCc1cc(Cc2cc(C=O)ccn2)cc2cc(Cl)cnc12. The van der Waals surface area contributed by atoms with Crippen LogP contribution in [0.1, 0.15) is 44.0 Å². The Morgan fingerprint density at radius 3 is 2.59 bits per heavy atom. The fourth-order valence-corrected chi connectivity index (χ4v) is 4.00. The quantitative estimate of drug-likeness (QED) is 0.357. The minimum Gasteiger partial charge on any atom is -0.384 e. The number of fused-ring (bicyclic) bond motifs is 1. The lowest BCUT2D eigenvalue weighted by Gasteiger charge is -2.09. The largest absolute Gasteiger partial charge is 0.384 e. The number of nitrogens with two attached hydrogens (primary N) is 2. The van der Waals surface area contributed by atoms with Crippen molar-refractivity contribution in [2.45, 2.75) is 33.4 Å². The van der Waals surface area contributed by atoms with Gasteiger partial charge in [0.2, 0.25) is 0 Å². The van der Waals surface area contributed by atoms with Crippen LogP contribution >= 0.6 is 11.6 Å². The lowest BCUT2D eigenvalue weighted by atomic mass is 10.0. The van der Waals surface area contributed by atoms with Crippen molar-refractivity contribution >= 4 is 34.6 Å². The van der Waals surface area contributed by atoms with Gasteiger partial charge in [0.1, 0.15) is 12.1 Å². The predicted octanol–water partition coefficient (Wildman–Crippen LogP) is 4.15. The molecule has 0 unspecified atom stereocenters. The molecular weight excluding hydrogens is 448 g/mol. The average Bonchev–Trinajstić information content (AvgIpc) is 2.81. The van der Waals surface area contributed by atoms with Crippen molar-refractivity contribution in [3.8, 4) is 0 Å². The van der Waals surface area contributed by atoms with E-state index in [-0.39, 0.29) is 0 Å². The Kier molecular flexibility index (Phi) is 8.65. The zero-order valence-corrected chi connectivity index (χ0v) is 20.4. The highest BCUT2D eigenvalue weighted by Gasteiger charge is 2.07. The minimum atomic E-state index is 0.404. The summed E-state index contributed by atoms with van der Waals surface area (Å²) in [6.45, 7) is 5.29. The number of carbonyl (C=O) groups is 1. The number of rotatable bonds is 6. The summed E-state index contributed by atoms with van der Waals surface area (Å²) in [5, 5.41) is 4.65. The molecular formula is C26H29ClN6O. The first-order valence-corrected chi connectivity index (χ1v) is 11.3. The summed E-state index contributed by atoms with van der Waals surface area (Å²) >= 11 is 6.02. The highest BCUT2D eigenvalue weighted by Crippen LogP contribution is 2.23. The van der Waals surface area contributed by atoms with E-state index >= 15 is 0 Å². The molecule has 176 valence electrons. The Morgan fingerprint density at radius 2 is 1.91 bits per heavy atom. The summed E-state index contributed by atoms with van der Waals surface area (Å²) < 4.78 is 0. The predicted molar refractivity (Wildman–Crippen MR) is 138 cm³/mol. The first-order valence-electron chi connectivity index (χ1n) is 10.9. The van der Waals surface area contributed by atoms with Gasteiger partial charge in [0.25, 0.3) is 0 Å². The summed E-state index contributed by atoms with van der Waals surface area (Å²) in [6.07, 6.45) is 4.71. The van der Waals surface area contributed by atoms with Crippen LogP contribution in [0.25, 0.3) is 10.9 Å². The zero-order chi connectivity index (χ0) is 24.7. The summed E-state index contributed by atoms with van der Waals surface area (Å²) in [7, 11) is 1.93. The molecule has 0 aliphatic rings. The molecule has 0 fully saturated rings. The summed E-state index contributed by atoms with van der Waals surface area (Å²) in [6, 6.07) is 11.3. The molecule has 0 bridgehead atoms. The van der Waals surface area contributed by atoms with Crippen molar-refractivity contribution in [1.29, 1.82) is 0 Å². The van der Waals surface area contributed by atoms with Crippen LogP contribution < -0.4 is 16.8 Å². The van der Waals surface area contributed by atoms with Gasteiger partial charge >= 0.3 is 0 Å². The number of aldehydes is 1. The van der Waals surface area contributed by atoms with Gasteiger partial charge in [0, 0.05) is 54.2 Å². The Balaban J connectivity index is 0.000000229. The number of nitrogen functional groups attached to an aromatic ring is 1. The van der Waals surface area contributed by atoms with Gasteiger partial charge in [0.15, 0.2) is 0 Å². The van der Waals surface area contributed by atoms with Crippen molar-refractivity contribution < 1.29 is 4.79 Å². The van der Waals surface area contributed by atoms with Gasteiger partial charge in [-0.3, -0.25) is 14.8 Å². The maximum absolute atomic E-state index is 10.9. The highest BCUT2D eigenvalue weighted by molar-refractivity contribution is 6.31. The fourth-order valence-electron chi connectivity index (χ4n) is 3.83. The molecule has 7 nitrogen and oxygen atoms in total. The number of benzene rings is 1. The van der Waals surface area contributed by atoms with E-state index in [1.54, 1.807) is 24.5 Å². The molecule has 3 heterocycles. The molecule has 0 saturated carbocycles. The van der Waals surface area contributed by atoms with Gasteiger partial charge < -0.3 is 16.8 Å². The second-order valence-electron chi connectivity index (χ2n) is 8.02. The van der Waals surface area contributed by atoms with Crippen LogP contribution in [-0.4, -0.2) is 28.3 Å². The Labute approximate surface area is 204 Å². The van der Waals surface area contributed by atoms with Gasteiger partial charge in [0.05, 0.1) is 10.5 Å². The summed E-state index contributed by atoms with van der Waals surface area (Å²) in [4.78, 5) is 23.7. The van der Waals surface area contributed by atoms with Crippen LogP contribution in [0, 0.1) is 13.8 Å². The lowest BCUT2D eigenvalue weighted by Crippen LogP contribution is -2.10. The van der Waals surface area contributed by atoms with E-state index in [0.717, 1.165) is 46.2 Å². The van der Waals surface area contributed by atoms with Crippen molar-refractivity contribution in [2.75, 3.05) is 12.8 Å². The van der Waals surface area contributed by atoms with Gasteiger partial charge in [-0.1, -0.05) is 17.7 Å². The topological polar surface area (TPSA) is 120 Å². The van der Waals surface area contributed by atoms with Gasteiger partial charge in [-0.25, -0.2) is 4.98 Å². The molecule has 8 heteroatoms. The fraction of sp³-hybridized carbons (Fsp3) is 0.231. The monoisotopic (exact) mass is 476 g/mol.